The number of nitrogens with two attached hydrogens (primary N) is 1. The van der Waals surface area contributed by atoms with Crippen LogP contribution >= 0.6 is 11.8 Å². The number of benzene rings is 1. The van der Waals surface area contributed by atoms with Gasteiger partial charge in [0, 0.05) is 48.0 Å². The zero-order valence-corrected chi connectivity index (χ0v) is 12.1. The number of thioether (sulfide) groups is 1. The fourth-order valence-electron chi connectivity index (χ4n) is 2.33. The van der Waals surface area contributed by atoms with Gasteiger partial charge in [0.2, 0.25) is 0 Å². The molecule has 0 atom stereocenters. The molecule has 0 unspecified atom stereocenters. The number of hydrogen-bond acceptors (Lipinski definition) is 5. The minimum atomic E-state index is -0.376. The highest BCUT2D eigenvalue weighted by molar-refractivity contribution is 8.00. The van der Waals surface area contributed by atoms with Crippen LogP contribution in [0.1, 0.15) is 19.4 Å². The number of nitrogens with zero attached hydrogens (tertiary/aromatic N) is 2. The highest BCUT2D eigenvalue weighted by atomic mass is 32.2. The maximum Gasteiger partial charge on any atom is 0.269 e. The lowest BCUT2D eigenvalue weighted by Crippen LogP contribution is -2.42. The topological polar surface area (TPSA) is 72.4 Å². The lowest BCUT2D eigenvalue weighted by Gasteiger charge is -2.37. The van der Waals surface area contributed by atoms with Crippen LogP contribution < -0.4 is 5.73 Å². The fraction of sp³-hybridized carbons (Fsp3) is 0.538. The highest BCUT2D eigenvalue weighted by Gasteiger charge is 2.27. The van der Waals surface area contributed by atoms with Gasteiger partial charge in [-0.2, -0.15) is 11.8 Å². The van der Waals surface area contributed by atoms with Crippen molar-refractivity contribution in [3.63, 3.8) is 0 Å². The van der Waals surface area contributed by atoms with Crippen molar-refractivity contribution in [1.82, 2.24) is 4.90 Å². The Hall–Kier alpha value is -1.27. The molecule has 2 N–H and O–H groups in total. The van der Waals surface area contributed by atoms with Gasteiger partial charge in [0.1, 0.15) is 0 Å². The van der Waals surface area contributed by atoms with E-state index in [1.807, 2.05) is 11.8 Å². The molecule has 0 saturated carbocycles. The minimum absolute atomic E-state index is 0.106. The molecule has 1 aromatic rings. The first-order chi connectivity index (χ1) is 8.87. The number of non-ortho nitro benzene ring substituents is 1. The third kappa shape index (κ3) is 3.61. The number of rotatable bonds is 3. The average Bonchev–Trinajstić information content (AvgIpc) is 2.30. The molecule has 2 rings (SSSR count). The number of nitro benzene ring substituents is 1. The summed E-state index contributed by atoms with van der Waals surface area (Å²) >= 11 is 1.97. The molecule has 0 spiro atoms. The second-order valence-electron chi connectivity index (χ2n) is 5.46. The van der Waals surface area contributed by atoms with Crippen LogP contribution in [0.2, 0.25) is 0 Å². The lowest BCUT2D eigenvalue weighted by atomic mass is 10.1. The predicted octanol–water partition coefficient (Wildman–Crippen LogP) is 2.50. The van der Waals surface area contributed by atoms with Crippen LogP contribution in [0, 0.1) is 10.1 Å². The molecule has 5 nitrogen and oxygen atoms in total. The second-order valence-corrected chi connectivity index (χ2v) is 7.26. The molecule has 6 heteroatoms. The van der Waals surface area contributed by atoms with E-state index in [9.17, 15) is 10.1 Å². The first kappa shape index (κ1) is 14.1. The van der Waals surface area contributed by atoms with Crippen LogP contribution in [0.25, 0.3) is 0 Å². The molecular formula is C13H19N3O2S. The van der Waals surface area contributed by atoms with Gasteiger partial charge in [0.15, 0.2) is 0 Å². The van der Waals surface area contributed by atoms with Crippen molar-refractivity contribution < 1.29 is 4.92 Å². The quantitative estimate of drug-likeness (QED) is 0.523. The molecule has 0 radical (unpaired) electrons. The zero-order valence-electron chi connectivity index (χ0n) is 11.3. The van der Waals surface area contributed by atoms with Crippen molar-refractivity contribution in [1.29, 1.82) is 0 Å². The molecule has 104 valence electrons. The predicted molar refractivity (Wildman–Crippen MR) is 79.3 cm³/mol. The van der Waals surface area contributed by atoms with Gasteiger partial charge in [-0.25, -0.2) is 0 Å². The minimum Gasteiger partial charge on any atom is -0.398 e. The summed E-state index contributed by atoms with van der Waals surface area (Å²) in [6, 6.07) is 4.66. The molecule has 1 saturated heterocycles. The smallest absolute Gasteiger partial charge is 0.269 e. The molecule has 0 bridgehead atoms. The van der Waals surface area contributed by atoms with Crippen LogP contribution in [0.3, 0.4) is 0 Å². The van der Waals surface area contributed by atoms with E-state index in [2.05, 4.69) is 18.7 Å². The van der Waals surface area contributed by atoms with E-state index in [4.69, 9.17) is 5.73 Å². The Morgan fingerprint density at radius 3 is 2.89 bits per heavy atom. The summed E-state index contributed by atoms with van der Waals surface area (Å²) in [6.07, 6.45) is 0. The lowest BCUT2D eigenvalue weighted by molar-refractivity contribution is -0.384. The molecule has 0 aromatic heterocycles. The first-order valence-corrected chi connectivity index (χ1v) is 7.25. The van der Waals surface area contributed by atoms with E-state index in [1.165, 1.54) is 6.07 Å². The van der Waals surface area contributed by atoms with E-state index in [0.717, 1.165) is 24.4 Å². The fourth-order valence-corrected chi connectivity index (χ4v) is 3.51. The Bertz CT molecular complexity index is 491. The van der Waals surface area contributed by atoms with Crippen molar-refractivity contribution >= 4 is 23.1 Å². The van der Waals surface area contributed by atoms with Gasteiger partial charge in [-0.15, -0.1) is 0 Å². The van der Waals surface area contributed by atoms with Crippen molar-refractivity contribution in [3.8, 4) is 0 Å². The third-order valence-electron chi connectivity index (χ3n) is 3.24. The van der Waals surface area contributed by atoms with Crippen LogP contribution in [-0.2, 0) is 6.54 Å². The Labute approximate surface area is 117 Å². The van der Waals surface area contributed by atoms with Crippen molar-refractivity contribution in [3.05, 3.63) is 33.9 Å². The molecule has 1 heterocycles. The van der Waals surface area contributed by atoms with Gasteiger partial charge in [-0.05, 0) is 25.5 Å². The Kier molecular flexibility index (Phi) is 4.01. The second kappa shape index (κ2) is 5.38. The highest BCUT2D eigenvalue weighted by Crippen LogP contribution is 2.31. The van der Waals surface area contributed by atoms with E-state index >= 15 is 0 Å². The van der Waals surface area contributed by atoms with Gasteiger partial charge in [-0.3, -0.25) is 15.0 Å². The Morgan fingerprint density at radius 1 is 1.53 bits per heavy atom. The maximum atomic E-state index is 10.8. The van der Waals surface area contributed by atoms with Crippen LogP contribution in [-0.4, -0.2) is 33.4 Å². The van der Waals surface area contributed by atoms with Gasteiger partial charge in [-0.1, -0.05) is 0 Å². The van der Waals surface area contributed by atoms with Crippen LogP contribution in [0.15, 0.2) is 18.2 Å². The average molecular weight is 281 g/mol. The van der Waals surface area contributed by atoms with Crippen LogP contribution in [0.4, 0.5) is 11.4 Å². The normalized spacial score (nSPS) is 19.3. The van der Waals surface area contributed by atoms with E-state index in [-0.39, 0.29) is 15.4 Å². The summed E-state index contributed by atoms with van der Waals surface area (Å²) in [7, 11) is 0. The summed E-state index contributed by atoms with van der Waals surface area (Å²) in [4.78, 5) is 12.7. The van der Waals surface area contributed by atoms with Crippen molar-refractivity contribution in [2.45, 2.75) is 25.1 Å². The molecule has 0 aliphatic carbocycles. The Balaban J connectivity index is 2.14. The number of anilines is 1. The third-order valence-corrected chi connectivity index (χ3v) is 4.53. The van der Waals surface area contributed by atoms with Gasteiger partial charge >= 0.3 is 0 Å². The van der Waals surface area contributed by atoms with E-state index < -0.39 is 0 Å². The molecule has 1 aliphatic heterocycles. The van der Waals surface area contributed by atoms with Crippen molar-refractivity contribution in [2.24, 2.45) is 0 Å². The molecule has 1 aliphatic rings. The van der Waals surface area contributed by atoms with Crippen LogP contribution in [0.5, 0.6) is 0 Å². The van der Waals surface area contributed by atoms with Gasteiger partial charge < -0.3 is 5.73 Å². The molecular weight excluding hydrogens is 262 g/mol. The maximum absolute atomic E-state index is 10.8. The van der Waals surface area contributed by atoms with E-state index in [1.54, 1.807) is 12.1 Å². The number of hydrogen-bond donors (Lipinski definition) is 1. The largest absolute Gasteiger partial charge is 0.398 e. The standard InChI is InChI=1S/C13H19N3O2S/c1-13(2)9-15(5-6-19-13)8-10-7-11(16(17)18)3-4-12(10)14/h3-4,7H,5-6,8-9,14H2,1-2H3. The van der Waals surface area contributed by atoms with E-state index in [0.29, 0.717) is 12.2 Å². The summed E-state index contributed by atoms with van der Waals surface area (Å²) in [5.74, 6) is 1.09. The monoisotopic (exact) mass is 281 g/mol. The molecule has 1 fully saturated rings. The summed E-state index contributed by atoms with van der Waals surface area (Å²) < 4.78 is 0.230. The Morgan fingerprint density at radius 2 is 2.26 bits per heavy atom. The molecule has 1 aromatic carbocycles. The summed E-state index contributed by atoms with van der Waals surface area (Å²) in [5, 5.41) is 10.8. The zero-order chi connectivity index (χ0) is 14.0. The molecule has 19 heavy (non-hydrogen) atoms. The summed E-state index contributed by atoms with van der Waals surface area (Å²) in [5.41, 5.74) is 7.50. The van der Waals surface area contributed by atoms with Gasteiger partial charge in [0.25, 0.3) is 5.69 Å². The SMILES string of the molecule is CC1(C)CN(Cc2cc([N+](=O)[O-])ccc2N)CCS1. The summed E-state index contributed by atoms with van der Waals surface area (Å²) in [6.45, 7) is 7.09. The van der Waals surface area contributed by atoms with Crippen molar-refractivity contribution in [2.75, 3.05) is 24.6 Å². The number of nitro groups is 1. The van der Waals surface area contributed by atoms with Gasteiger partial charge in [0.05, 0.1) is 4.92 Å². The first-order valence-electron chi connectivity index (χ1n) is 6.26. The molecule has 0 amide bonds. The number of nitrogen functional groups attached to an aromatic ring is 1.